The minimum absolute atomic E-state index is 0.178. The summed E-state index contributed by atoms with van der Waals surface area (Å²) < 4.78 is 1.22. The molecule has 4 aromatic rings. The topological polar surface area (TPSA) is 36.4 Å². The largest absolute Gasteiger partial charge is 0.345 e. The van der Waals surface area contributed by atoms with Crippen molar-refractivity contribution in [2.45, 2.75) is 12.8 Å². The molecule has 0 aliphatic carbocycles. The van der Waals surface area contributed by atoms with Crippen molar-refractivity contribution >= 4 is 32.6 Å². The number of aryl methyl sites for hydroxylation is 1. The number of nitrogens with zero attached hydrogens (tertiary/aromatic N) is 3. The summed E-state index contributed by atoms with van der Waals surface area (Å²) in [5.41, 5.74) is 4.40. The van der Waals surface area contributed by atoms with Crippen molar-refractivity contribution in [3.8, 4) is 0 Å². The number of piperazine rings is 1. The Kier molecular flexibility index (Phi) is 5.43. The second kappa shape index (κ2) is 8.52. The Balaban J connectivity index is 1.34. The average Bonchev–Trinajstić information content (AvgIpc) is 3.24. The van der Waals surface area contributed by atoms with Crippen LogP contribution in [0.15, 0.2) is 78.9 Å². The lowest BCUT2D eigenvalue weighted by Gasteiger charge is -2.36. The van der Waals surface area contributed by atoms with Crippen LogP contribution in [0.2, 0.25) is 0 Å². The number of hydrogen-bond donors (Lipinski definition) is 0. The smallest absolute Gasteiger partial charge is 0.234 e. The number of benzene rings is 3. The fourth-order valence-electron chi connectivity index (χ4n) is 4.22. The Morgan fingerprint density at radius 3 is 2.10 bits per heavy atom. The summed E-state index contributed by atoms with van der Waals surface area (Å²) in [5.74, 6) is -0.0867. The van der Waals surface area contributed by atoms with E-state index in [1.807, 2.05) is 41.3 Å². The summed E-state index contributed by atoms with van der Waals surface area (Å²) in [6.07, 6.45) is 0. The van der Waals surface area contributed by atoms with Crippen LogP contribution in [-0.4, -0.2) is 42.0 Å². The van der Waals surface area contributed by atoms with Crippen LogP contribution < -0.4 is 4.90 Å². The Labute approximate surface area is 186 Å². The number of carbonyl (C=O) groups excluding carboxylic acids is 1. The molecule has 0 radical (unpaired) electrons. The van der Waals surface area contributed by atoms with Gasteiger partial charge < -0.3 is 9.80 Å². The first-order valence-electron chi connectivity index (χ1n) is 10.7. The Hall–Kier alpha value is -3.18. The molecule has 31 heavy (non-hydrogen) atoms. The highest BCUT2D eigenvalue weighted by atomic mass is 32.1. The van der Waals surface area contributed by atoms with Crippen LogP contribution in [0.25, 0.3) is 10.2 Å². The second-order valence-corrected chi connectivity index (χ2v) is 9.04. The zero-order valence-electron chi connectivity index (χ0n) is 17.6. The maximum absolute atomic E-state index is 13.6. The van der Waals surface area contributed by atoms with Gasteiger partial charge in [0.05, 0.1) is 16.1 Å². The van der Waals surface area contributed by atoms with E-state index in [-0.39, 0.29) is 11.8 Å². The molecule has 2 heterocycles. The molecular weight excluding hydrogens is 402 g/mol. The van der Waals surface area contributed by atoms with E-state index in [4.69, 9.17) is 4.98 Å². The van der Waals surface area contributed by atoms with Crippen LogP contribution in [0.1, 0.15) is 22.6 Å². The normalized spacial score (nSPS) is 14.4. The van der Waals surface area contributed by atoms with Crippen LogP contribution in [0.5, 0.6) is 0 Å². The first-order chi connectivity index (χ1) is 15.2. The van der Waals surface area contributed by atoms with Gasteiger partial charge >= 0.3 is 0 Å². The molecule has 0 atom stereocenters. The highest BCUT2D eigenvalue weighted by Gasteiger charge is 2.30. The van der Waals surface area contributed by atoms with E-state index in [0.29, 0.717) is 13.1 Å². The molecule has 1 fully saturated rings. The SMILES string of the molecule is Cc1ccc2nc(N3CCN(C(=O)C(c4ccccc4)c4ccccc4)CC3)sc2c1. The summed E-state index contributed by atoms with van der Waals surface area (Å²) >= 11 is 1.74. The van der Waals surface area contributed by atoms with Crippen molar-refractivity contribution < 1.29 is 4.79 Å². The first-order valence-corrected chi connectivity index (χ1v) is 11.5. The average molecular weight is 428 g/mol. The Morgan fingerprint density at radius 2 is 1.48 bits per heavy atom. The number of fused-ring (bicyclic) bond motifs is 1. The zero-order chi connectivity index (χ0) is 21.2. The minimum atomic E-state index is -0.264. The molecular formula is C26H25N3OS. The van der Waals surface area contributed by atoms with Gasteiger partial charge in [-0.25, -0.2) is 4.98 Å². The third-order valence-electron chi connectivity index (χ3n) is 5.91. The number of thiazole rings is 1. The minimum Gasteiger partial charge on any atom is -0.345 e. The van der Waals surface area contributed by atoms with Gasteiger partial charge in [0.2, 0.25) is 5.91 Å². The summed E-state index contributed by atoms with van der Waals surface area (Å²) in [5, 5.41) is 1.05. The van der Waals surface area contributed by atoms with Gasteiger partial charge in [0, 0.05) is 26.2 Å². The highest BCUT2D eigenvalue weighted by Crippen LogP contribution is 2.31. The van der Waals surface area contributed by atoms with Crippen molar-refractivity contribution in [2.75, 3.05) is 31.1 Å². The summed E-state index contributed by atoms with van der Waals surface area (Å²) in [6.45, 7) is 5.15. The number of aromatic nitrogens is 1. The summed E-state index contributed by atoms with van der Waals surface area (Å²) in [4.78, 5) is 22.8. The van der Waals surface area contributed by atoms with Crippen LogP contribution >= 0.6 is 11.3 Å². The zero-order valence-corrected chi connectivity index (χ0v) is 18.4. The summed E-state index contributed by atoms with van der Waals surface area (Å²) in [7, 11) is 0. The van der Waals surface area contributed by atoms with E-state index in [2.05, 4.69) is 54.3 Å². The van der Waals surface area contributed by atoms with Crippen LogP contribution in [0, 0.1) is 6.92 Å². The summed E-state index contributed by atoms with van der Waals surface area (Å²) in [6, 6.07) is 26.6. The van der Waals surface area contributed by atoms with Crippen molar-refractivity contribution in [3.05, 3.63) is 95.6 Å². The van der Waals surface area contributed by atoms with Gasteiger partial charge in [-0.2, -0.15) is 0 Å². The van der Waals surface area contributed by atoms with Gasteiger partial charge in [-0.15, -0.1) is 0 Å². The van der Waals surface area contributed by atoms with Gasteiger partial charge in [0.1, 0.15) is 0 Å². The third-order valence-corrected chi connectivity index (χ3v) is 6.99. The Bertz CT molecular complexity index is 1140. The van der Waals surface area contributed by atoms with E-state index in [1.54, 1.807) is 11.3 Å². The lowest BCUT2D eigenvalue weighted by Crippen LogP contribution is -2.50. The first kappa shape index (κ1) is 19.8. The van der Waals surface area contributed by atoms with Crippen molar-refractivity contribution in [2.24, 2.45) is 0 Å². The molecule has 3 aromatic carbocycles. The molecule has 0 bridgehead atoms. The highest BCUT2D eigenvalue weighted by molar-refractivity contribution is 7.22. The molecule has 4 nitrogen and oxygen atoms in total. The molecule has 1 aliphatic rings. The van der Waals surface area contributed by atoms with Crippen LogP contribution in [0.3, 0.4) is 0 Å². The predicted octanol–water partition coefficient (Wildman–Crippen LogP) is 5.09. The van der Waals surface area contributed by atoms with Gasteiger partial charge in [-0.3, -0.25) is 4.79 Å². The van der Waals surface area contributed by atoms with E-state index < -0.39 is 0 Å². The monoisotopic (exact) mass is 427 g/mol. The number of anilines is 1. The number of hydrogen-bond acceptors (Lipinski definition) is 4. The molecule has 1 amide bonds. The molecule has 5 heteroatoms. The lowest BCUT2D eigenvalue weighted by atomic mass is 9.90. The second-order valence-electron chi connectivity index (χ2n) is 8.03. The molecule has 0 spiro atoms. The van der Waals surface area contributed by atoms with Crippen LogP contribution in [0.4, 0.5) is 5.13 Å². The predicted molar refractivity (Wildman–Crippen MR) is 128 cm³/mol. The van der Waals surface area contributed by atoms with Crippen LogP contribution in [-0.2, 0) is 4.79 Å². The standard InChI is InChI=1S/C26H25N3OS/c1-19-12-13-22-23(18-19)31-26(27-22)29-16-14-28(15-17-29)25(30)24(20-8-4-2-5-9-20)21-10-6-3-7-11-21/h2-13,18,24H,14-17H2,1H3. The third kappa shape index (κ3) is 4.06. The van der Waals surface area contributed by atoms with Gasteiger partial charge in [0.25, 0.3) is 0 Å². The lowest BCUT2D eigenvalue weighted by molar-refractivity contribution is -0.132. The van der Waals surface area contributed by atoms with E-state index >= 15 is 0 Å². The number of carbonyl (C=O) groups is 1. The van der Waals surface area contributed by atoms with E-state index in [9.17, 15) is 4.79 Å². The molecule has 1 saturated heterocycles. The Morgan fingerprint density at radius 1 is 0.871 bits per heavy atom. The quantitative estimate of drug-likeness (QED) is 0.455. The fraction of sp³-hybridized carbons (Fsp3) is 0.231. The fourth-order valence-corrected chi connectivity index (χ4v) is 5.34. The molecule has 1 aromatic heterocycles. The van der Waals surface area contributed by atoms with E-state index in [0.717, 1.165) is 34.9 Å². The van der Waals surface area contributed by atoms with Crippen molar-refractivity contribution in [1.29, 1.82) is 0 Å². The molecule has 1 aliphatic heterocycles. The van der Waals surface area contributed by atoms with Crippen molar-refractivity contribution in [3.63, 3.8) is 0 Å². The maximum atomic E-state index is 13.6. The molecule has 0 N–H and O–H groups in total. The van der Waals surface area contributed by atoms with Gasteiger partial charge in [-0.1, -0.05) is 78.1 Å². The molecule has 156 valence electrons. The number of amides is 1. The maximum Gasteiger partial charge on any atom is 0.234 e. The molecule has 0 unspecified atom stereocenters. The molecule has 5 rings (SSSR count). The van der Waals surface area contributed by atoms with Gasteiger partial charge in [0.15, 0.2) is 5.13 Å². The van der Waals surface area contributed by atoms with Crippen molar-refractivity contribution in [1.82, 2.24) is 9.88 Å². The van der Waals surface area contributed by atoms with Gasteiger partial charge in [-0.05, 0) is 35.7 Å². The van der Waals surface area contributed by atoms with E-state index in [1.165, 1.54) is 10.3 Å². The number of rotatable bonds is 4. The molecule has 0 saturated carbocycles.